The quantitative estimate of drug-likeness (QED) is 0.858. The normalized spacial score (nSPS) is 22.9. The van der Waals surface area contributed by atoms with E-state index >= 15 is 0 Å². The molecule has 2 N–H and O–H groups in total. The first kappa shape index (κ1) is 18.0. The van der Waals surface area contributed by atoms with E-state index in [-0.39, 0.29) is 24.4 Å². The molecule has 1 saturated carbocycles. The Morgan fingerprint density at radius 1 is 1.24 bits per heavy atom. The molecule has 5 nitrogen and oxygen atoms in total. The number of rotatable bonds is 5. The standard InChI is InChI=1S/C19H23N3O2.ClH/c23-19(17-12-18(24-22-17)14-6-7-14)21-15-8-9-20-16(11-15)10-13-4-2-1-3-5-13;/h1-5,12,14-16,20H,6-11H2,(H,21,23);1H/t15-,16+;/m1./s1. The zero-order valence-electron chi connectivity index (χ0n) is 14.1. The van der Waals surface area contributed by atoms with Gasteiger partial charge >= 0.3 is 0 Å². The number of nitrogens with one attached hydrogen (secondary N) is 2. The maximum absolute atomic E-state index is 12.4. The van der Waals surface area contributed by atoms with Crippen molar-refractivity contribution >= 4 is 18.3 Å². The fourth-order valence-electron chi connectivity index (χ4n) is 3.41. The summed E-state index contributed by atoms with van der Waals surface area (Å²) < 4.78 is 5.28. The summed E-state index contributed by atoms with van der Waals surface area (Å²) in [5.41, 5.74) is 1.74. The molecular formula is C19H24ClN3O2. The van der Waals surface area contributed by atoms with E-state index in [4.69, 9.17) is 4.52 Å². The summed E-state index contributed by atoms with van der Waals surface area (Å²) in [7, 11) is 0. The molecule has 134 valence electrons. The maximum atomic E-state index is 12.4. The van der Waals surface area contributed by atoms with Crippen LogP contribution in [0.2, 0.25) is 0 Å². The molecule has 0 radical (unpaired) electrons. The highest BCUT2D eigenvalue weighted by molar-refractivity contribution is 5.92. The number of hydrogen-bond donors (Lipinski definition) is 2. The Kier molecular flexibility index (Phi) is 5.76. The Balaban J connectivity index is 0.00000182. The second-order valence-corrected chi connectivity index (χ2v) is 6.92. The second kappa shape index (κ2) is 8.02. The highest BCUT2D eigenvalue weighted by Crippen LogP contribution is 2.40. The minimum atomic E-state index is -0.115. The monoisotopic (exact) mass is 361 g/mol. The first-order chi connectivity index (χ1) is 11.8. The van der Waals surface area contributed by atoms with E-state index in [0.29, 0.717) is 17.7 Å². The van der Waals surface area contributed by atoms with Crippen LogP contribution >= 0.6 is 12.4 Å². The summed E-state index contributed by atoms with van der Waals surface area (Å²) in [6, 6.07) is 12.9. The van der Waals surface area contributed by atoms with Crippen LogP contribution in [0.25, 0.3) is 0 Å². The van der Waals surface area contributed by atoms with Gasteiger partial charge in [0.25, 0.3) is 5.91 Å². The molecule has 2 heterocycles. The molecule has 6 heteroatoms. The van der Waals surface area contributed by atoms with Gasteiger partial charge in [0.15, 0.2) is 5.69 Å². The van der Waals surface area contributed by atoms with Crippen LogP contribution in [0.15, 0.2) is 40.9 Å². The molecule has 1 aromatic heterocycles. The summed E-state index contributed by atoms with van der Waals surface area (Å²) in [4.78, 5) is 12.4. The smallest absolute Gasteiger partial charge is 0.273 e. The largest absolute Gasteiger partial charge is 0.360 e. The molecule has 1 aliphatic heterocycles. The van der Waals surface area contributed by atoms with Crippen molar-refractivity contribution in [2.75, 3.05) is 6.54 Å². The van der Waals surface area contributed by atoms with Gasteiger partial charge in [0.1, 0.15) is 5.76 Å². The number of halogens is 1. The number of hydrogen-bond acceptors (Lipinski definition) is 4. The van der Waals surface area contributed by atoms with Crippen LogP contribution in [0.1, 0.15) is 53.4 Å². The molecule has 1 amide bonds. The van der Waals surface area contributed by atoms with Crippen molar-refractivity contribution in [3.05, 3.63) is 53.4 Å². The highest BCUT2D eigenvalue weighted by atomic mass is 35.5. The van der Waals surface area contributed by atoms with Gasteiger partial charge in [0.05, 0.1) is 0 Å². The lowest BCUT2D eigenvalue weighted by Crippen LogP contribution is -2.48. The fraction of sp³-hybridized carbons (Fsp3) is 0.474. The molecular weight excluding hydrogens is 338 g/mol. The van der Waals surface area contributed by atoms with E-state index in [2.05, 4.69) is 40.1 Å². The summed E-state index contributed by atoms with van der Waals surface area (Å²) in [6.07, 6.45) is 5.17. The molecule has 1 saturated heterocycles. The van der Waals surface area contributed by atoms with Crippen LogP contribution in [0, 0.1) is 0 Å². The van der Waals surface area contributed by atoms with E-state index in [1.54, 1.807) is 6.07 Å². The molecule has 4 rings (SSSR count). The van der Waals surface area contributed by atoms with E-state index in [1.807, 2.05) is 6.07 Å². The van der Waals surface area contributed by atoms with Crippen LogP contribution in [0.4, 0.5) is 0 Å². The molecule has 2 atom stereocenters. The van der Waals surface area contributed by atoms with E-state index in [9.17, 15) is 4.79 Å². The number of carbonyl (C=O) groups is 1. The molecule has 0 unspecified atom stereocenters. The van der Waals surface area contributed by atoms with Gasteiger partial charge in [-0.1, -0.05) is 35.5 Å². The average Bonchev–Trinajstić information content (AvgIpc) is 3.33. The lowest BCUT2D eigenvalue weighted by molar-refractivity contribution is 0.0915. The summed E-state index contributed by atoms with van der Waals surface area (Å²) >= 11 is 0. The predicted molar refractivity (Wildman–Crippen MR) is 98.2 cm³/mol. The van der Waals surface area contributed by atoms with E-state index in [0.717, 1.165) is 44.4 Å². The average molecular weight is 362 g/mol. The van der Waals surface area contributed by atoms with Gasteiger partial charge in [0, 0.05) is 24.1 Å². The molecule has 25 heavy (non-hydrogen) atoms. The summed E-state index contributed by atoms with van der Waals surface area (Å²) in [5.74, 6) is 1.22. The molecule has 1 aromatic carbocycles. The molecule has 2 aliphatic rings. The number of nitrogens with zero attached hydrogens (tertiary/aromatic N) is 1. The number of carbonyl (C=O) groups excluding carboxylic acids is 1. The third kappa shape index (κ3) is 4.61. The Bertz CT molecular complexity index is 700. The zero-order valence-corrected chi connectivity index (χ0v) is 14.9. The van der Waals surface area contributed by atoms with Gasteiger partial charge in [-0.25, -0.2) is 0 Å². The first-order valence-electron chi connectivity index (χ1n) is 8.83. The minimum Gasteiger partial charge on any atom is -0.360 e. The van der Waals surface area contributed by atoms with Crippen molar-refractivity contribution in [1.82, 2.24) is 15.8 Å². The van der Waals surface area contributed by atoms with Crippen LogP contribution in [-0.4, -0.2) is 29.7 Å². The van der Waals surface area contributed by atoms with Crippen LogP contribution in [-0.2, 0) is 6.42 Å². The lowest BCUT2D eigenvalue weighted by Gasteiger charge is -2.30. The van der Waals surface area contributed by atoms with Crippen molar-refractivity contribution in [3.8, 4) is 0 Å². The second-order valence-electron chi connectivity index (χ2n) is 6.92. The van der Waals surface area contributed by atoms with Gasteiger partial charge in [0.2, 0.25) is 0 Å². The molecule has 2 aromatic rings. The van der Waals surface area contributed by atoms with Gasteiger partial charge in [-0.15, -0.1) is 12.4 Å². The Labute approximate surface area is 154 Å². The van der Waals surface area contributed by atoms with Gasteiger partial charge < -0.3 is 15.2 Å². The summed E-state index contributed by atoms with van der Waals surface area (Å²) in [6.45, 7) is 0.925. The van der Waals surface area contributed by atoms with Crippen molar-refractivity contribution in [2.24, 2.45) is 0 Å². The number of amides is 1. The SMILES string of the molecule is Cl.O=C(N[C@@H]1CCN[C@@H](Cc2ccccc2)C1)c1cc(C2CC2)on1. The Hall–Kier alpha value is -1.85. The molecule has 2 fully saturated rings. The van der Waals surface area contributed by atoms with Crippen LogP contribution < -0.4 is 10.6 Å². The molecule has 0 spiro atoms. The van der Waals surface area contributed by atoms with E-state index in [1.165, 1.54) is 5.56 Å². The van der Waals surface area contributed by atoms with Crippen molar-refractivity contribution in [2.45, 2.75) is 50.1 Å². The number of benzene rings is 1. The molecule has 1 aliphatic carbocycles. The fourth-order valence-corrected chi connectivity index (χ4v) is 3.41. The topological polar surface area (TPSA) is 67.2 Å². The van der Waals surface area contributed by atoms with Gasteiger partial charge in [-0.05, 0) is 44.2 Å². The number of piperidine rings is 1. The summed E-state index contributed by atoms with van der Waals surface area (Å²) in [5, 5.41) is 10.6. The lowest BCUT2D eigenvalue weighted by atomic mass is 9.94. The predicted octanol–water partition coefficient (Wildman–Crippen LogP) is 3.07. The third-order valence-electron chi connectivity index (χ3n) is 4.90. The zero-order chi connectivity index (χ0) is 16.4. The van der Waals surface area contributed by atoms with Crippen molar-refractivity contribution in [3.63, 3.8) is 0 Å². The Morgan fingerprint density at radius 2 is 2.04 bits per heavy atom. The van der Waals surface area contributed by atoms with Gasteiger partial charge in [-0.2, -0.15) is 0 Å². The minimum absolute atomic E-state index is 0. The molecule has 0 bridgehead atoms. The van der Waals surface area contributed by atoms with Crippen molar-refractivity contribution in [1.29, 1.82) is 0 Å². The van der Waals surface area contributed by atoms with Crippen LogP contribution in [0.5, 0.6) is 0 Å². The maximum Gasteiger partial charge on any atom is 0.273 e. The van der Waals surface area contributed by atoms with Crippen molar-refractivity contribution < 1.29 is 9.32 Å². The third-order valence-corrected chi connectivity index (χ3v) is 4.90. The van der Waals surface area contributed by atoms with Crippen LogP contribution in [0.3, 0.4) is 0 Å². The number of aromatic nitrogens is 1. The first-order valence-corrected chi connectivity index (χ1v) is 8.83. The highest BCUT2D eigenvalue weighted by Gasteiger charge is 2.30. The Morgan fingerprint density at radius 3 is 2.80 bits per heavy atom. The van der Waals surface area contributed by atoms with E-state index < -0.39 is 0 Å². The van der Waals surface area contributed by atoms with Gasteiger partial charge in [-0.3, -0.25) is 4.79 Å².